The Labute approximate surface area is 565 Å². The first-order chi connectivity index (χ1) is 44.5. The zero-order valence-electron chi connectivity index (χ0n) is 62.0. The maximum atomic E-state index is 13.0. The first-order valence-electron chi connectivity index (χ1n) is 42.0. The van der Waals surface area contributed by atoms with Gasteiger partial charge in [-0.05, 0) is 19.3 Å². The molecule has 0 saturated carbocycles. The molecule has 0 aromatic carbocycles. The fraction of sp³-hybridized carbons (Fsp3) is 0.964. The van der Waals surface area contributed by atoms with E-state index in [0.717, 1.165) is 57.8 Å². The summed E-state index contributed by atoms with van der Waals surface area (Å²) in [5, 5.41) is 0. The second-order valence-corrected chi connectivity index (χ2v) is 29.1. The summed E-state index contributed by atoms with van der Waals surface area (Å²) in [5.41, 5.74) is 0. The van der Waals surface area contributed by atoms with Crippen LogP contribution in [0.25, 0.3) is 0 Å². The van der Waals surface area contributed by atoms with Crippen LogP contribution in [-0.4, -0.2) is 37.2 Å². The molecule has 6 heteroatoms. The van der Waals surface area contributed by atoms with E-state index in [0.29, 0.717) is 19.3 Å². The smallest absolute Gasteiger partial charge is 0.306 e. The van der Waals surface area contributed by atoms with Crippen LogP contribution in [0, 0.1) is 0 Å². The standard InChI is InChI=1S/C84H164O6/c1-4-7-10-13-16-19-22-25-28-31-34-37-40-43-46-49-52-55-58-61-64-67-70-73-76-82(85)88-79-81(90-84(87)78-75-72-69-66-63-60-57-54-51-48-45-42-39-36-33-30-27-24-21-18-15-12-9-6-3)80-89-83(86)77-74-71-68-65-62-59-56-53-50-47-44-41-38-35-32-29-26-23-20-17-14-11-8-5-2/h81H,4-80H2,1-3H3. The molecule has 0 atom stereocenters. The highest BCUT2D eigenvalue weighted by Crippen LogP contribution is 2.21. The molecule has 536 valence electrons. The SMILES string of the molecule is CCCCCCCCCCCCCCCCCCCCCCCCCCC(=O)OCC(COC(=O)CCCCCCCCCCCCCCCCCCCCCCCCCC)OC(=O)CCCCCCCCCCCCCCCCCCCCCCCCCC. The Morgan fingerprint density at radius 1 is 0.178 bits per heavy atom. The minimum atomic E-state index is -0.766. The third-order valence-corrected chi connectivity index (χ3v) is 19.9. The second kappa shape index (κ2) is 79.8. The van der Waals surface area contributed by atoms with E-state index < -0.39 is 6.10 Å². The summed E-state index contributed by atoms with van der Waals surface area (Å²) in [6.45, 7) is 6.78. The zero-order chi connectivity index (χ0) is 64.9. The molecule has 0 amide bonds. The third kappa shape index (κ3) is 77.1. The molecular weight excluding hydrogens is 1100 g/mol. The van der Waals surface area contributed by atoms with Crippen molar-refractivity contribution in [3.63, 3.8) is 0 Å². The van der Waals surface area contributed by atoms with Gasteiger partial charge in [0, 0.05) is 19.3 Å². The van der Waals surface area contributed by atoms with Crippen molar-refractivity contribution in [2.75, 3.05) is 13.2 Å². The van der Waals surface area contributed by atoms with Gasteiger partial charge in [-0.25, -0.2) is 0 Å². The van der Waals surface area contributed by atoms with E-state index in [1.807, 2.05) is 0 Å². The molecule has 0 bridgehead atoms. The van der Waals surface area contributed by atoms with Crippen molar-refractivity contribution in [3.8, 4) is 0 Å². The van der Waals surface area contributed by atoms with Gasteiger partial charge in [0.2, 0.25) is 0 Å². The van der Waals surface area contributed by atoms with E-state index in [1.165, 1.54) is 405 Å². The summed E-state index contributed by atoms with van der Waals surface area (Å²) in [5.74, 6) is -0.807. The van der Waals surface area contributed by atoms with Crippen LogP contribution >= 0.6 is 0 Å². The largest absolute Gasteiger partial charge is 0.462 e. The molecular formula is C84H164O6. The van der Waals surface area contributed by atoms with Gasteiger partial charge in [0.1, 0.15) is 13.2 Å². The lowest BCUT2D eigenvalue weighted by Crippen LogP contribution is -2.30. The van der Waals surface area contributed by atoms with Gasteiger partial charge >= 0.3 is 17.9 Å². The highest BCUT2D eigenvalue weighted by molar-refractivity contribution is 5.71. The molecule has 0 unspecified atom stereocenters. The summed E-state index contributed by atoms with van der Waals surface area (Å²) in [7, 11) is 0. The Kier molecular flexibility index (Phi) is 78.4. The number of carbonyl (C=O) groups is 3. The minimum absolute atomic E-state index is 0.0594. The van der Waals surface area contributed by atoms with Crippen molar-refractivity contribution in [2.24, 2.45) is 0 Å². The highest BCUT2D eigenvalue weighted by atomic mass is 16.6. The van der Waals surface area contributed by atoms with Crippen LogP contribution in [0.2, 0.25) is 0 Å². The van der Waals surface area contributed by atoms with Crippen LogP contribution in [-0.2, 0) is 28.6 Å². The van der Waals surface area contributed by atoms with Crippen molar-refractivity contribution in [1.29, 1.82) is 0 Å². The fourth-order valence-corrected chi connectivity index (χ4v) is 13.6. The Morgan fingerprint density at radius 3 is 0.444 bits per heavy atom. The average Bonchev–Trinajstić information content (AvgIpc) is 3.58. The zero-order valence-corrected chi connectivity index (χ0v) is 62.0. The molecule has 90 heavy (non-hydrogen) atoms. The molecule has 0 heterocycles. The van der Waals surface area contributed by atoms with Crippen LogP contribution in [0.5, 0.6) is 0 Å². The van der Waals surface area contributed by atoms with Gasteiger partial charge in [0.25, 0.3) is 0 Å². The van der Waals surface area contributed by atoms with Crippen LogP contribution < -0.4 is 0 Å². The van der Waals surface area contributed by atoms with E-state index in [1.54, 1.807) is 0 Å². The van der Waals surface area contributed by atoms with Crippen molar-refractivity contribution in [2.45, 2.75) is 508 Å². The molecule has 0 saturated heterocycles. The lowest BCUT2D eigenvalue weighted by molar-refractivity contribution is -0.167. The number of esters is 3. The predicted octanol–water partition coefficient (Wildman–Crippen LogP) is 29.3. The molecule has 0 radical (unpaired) electrons. The summed E-state index contributed by atoms with van der Waals surface area (Å²) in [6.07, 6.45) is 97.5. The van der Waals surface area contributed by atoms with Crippen molar-refractivity contribution < 1.29 is 28.6 Å². The summed E-state index contributed by atoms with van der Waals surface area (Å²) >= 11 is 0. The Morgan fingerprint density at radius 2 is 0.300 bits per heavy atom. The van der Waals surface area contributed by atoms with Gasteiger partial charge in [-0.1, -0.05) is 464 Å². The monoisotopic (exact) mass is 1270 g/mol. The summed E-state index contributed by atoms with van der Waals surface area (Å²) in [4.78, 5) is 38.7. The number of carbonyl (C=O) groups excluding carboxylic acids is 3. The lowest BCUT2D eigenvalue weighted by atomic mass is 10.0. The van der Waals surface area contributed by atoms with Crippen molar-refractivity contribution in [1.82, 2.24) is 0 Å². The predicted molar refractivity (Wildman–Crippen MR) is 395 cm³/mol. The maximum absolute atomic E-state index is 13.0. The lowest BCUT2D eigenvalue weighted by Gasteiger charge is -2.18. The second-order valence-electron chi connectivity index (χ2n) is 29.1. The number of unbranched alkanes of at least 4 members (excludes halogenated alkanes) is 69. The number of hydrogen-bond donors (Lipinski definition) is 0. The molecule has 0 fully saturated rings. The quantitative estimate of drug-likeness (QED) is 0.0343. The first kappa shape index (κ1) is 88.4. The number of rotatable bonds is 80. The summed E-state index contributed by atoms with van der Waals surface area (Å²) < 4.78 is 17.1. The average molecular weight is 1270 g/mol. The normalized spacial score (nSPS) is 11.6. The first-order valence-corrected chi connectivity index (χ1v) is 42.0. The minimum Gasteiger partial charge on any atom is -0.462 e. The Balaban J connectivity index is 4.25. The van der Waals surface area contributed by atoms with Crippen LogP contribution in [0.1, 0.15) is 502 Å². The topological polar surface area (TPSA) is 78.9 Å². The number of hydrogen-bond acceptors (Lipinski definition) is 6. The van der Waals surface area contributed by atoms with Crippen LogP contribution in [0.15, 0.2) is 0 Å². The Bertz CT molecular complexity index is 1300. The molecule has 0 aliphatic rings. The van der Waals surface area contributed by atoms with Gasteiger partial charge in [-0.3, -0.25) is 14.4 Å². The molecule has 0 aliphatic carbocycles. The molecule has 0 aromatic heterocycles. The Hall–Kier alpha value is -1.59. The van der Waals surface area contributed by atoms with E-state index in [4.69, 9.17) is 14.2 Å². The van der Waals surface area contributed by atoms with E-state index in [9.17, 15) is 14.4 Å². The maximum Gasteiger partial charge on any atom is 0.306 e. The molecule has 0 rings (SSSR count). The van der Waals surface area contributed by atoms with Gasteiger partial charge < -0.3 is 14.2 Å². The van der Waals surface area contributed by atoms with Crippen molar-refractivity contribution in [3.05, 3.63) is 0 Å². The molecule has 0 aromatic rings. The van der Waals surface area contributed by atoms with Gasteiger partial charge in [-0.15, -0.1) is 0 Å². The van der Waals surface area contributed by atoms with Crippen molar-refractivity contribution >= 4 is 17.9 Å². The van der Waals surface area contributed by atoms with E-state index in [2.05, 4.69) is 20.8 Å². The molecule has 0 aliphatic heterocycles. The molecule has 6 nitrogen and oxygen atoms in total. The number of ether oxygens (including phenoxy) is 3. The third-order valence-electron chi connectivity index (χ3n) is 19.9. The van der Waals surface area contributed by atoms with Crippen LogP contribution in [0.3, 0.4) is 0 Å². The fourth-order valence-electron chi connectivity index (χ4n) is 13.6. The molecule has 0 N–H and O–H groups in total. The van der Waals surface area contributed by atoms with Gasteiger partial charge in [0.15, 0.2) is 6.10 Å². The molecule has 0 spiro atoms. The summed E-state index contributed by atoms with van der Waals surface area (Å²) in [6, 6.07) is 0. The highest BCUT2D eigenvalue weighted by Gasteiger charge is 2.20. The van der Waals surface area contributed by atoms with E-state index >= 15 is 0 Å². The van der Waals surface area contributed by atoms with Gasteiger partial charge in [0.05, 0.1) is 0 Å². The van der Waals surface area contributed by atoms with E-state index in [-0.39, 0.29) is 31.1 Å². The van der Waals surface area contributed by atoms with Crippen LogP contribution in [0.4, 0.5) is 0 Å². The van der Waals surface area contributed by atoms with Gasteiger partial charge in [-0.2, -0.15) is 0 Å².